The van der Waals surface area contributed by atoms with Crippen LogP contribution in [-0.4, -0.2) is 58.8 Å². The summed E-state index contributed by atoms with van der Waals surface area (Å²) in [6, 6.07) is 5.32. The second-order valence-electron chi connectivity index (χ2n) is 6.79. The average Bonchev–Trinajstić information content (AvgIpc) is 3.09. The van der Waals surface area contributed by atoms with Crippen LogP contribution >= 0.6 is 0 Å². The summed E-state index contributed by atoms with van der Waals surface area (Å²) in [5.74, 6) is 0.767. The summed E-state index contributed by atoms with van der Waals surface area (Å²) in [5.41, 5.74) is 0.641. The zero-order valence-electron chi connectivity index (χ0n) is 16.8. The third-order valence-corrected chi connectivity index (χ3v) is 5.18. The van der Waals surface area contributed by atoms with E-state index in [-0.39, 0.29) is 24.2 Å². The number of anilines is 1. The number of nitrogens with one attached hydrogen (secondary N) is 2. The number of amides is 2. The van der Waals surface area contributed by atoms with Gasteiger partial charge in [-0.3, -0.25) is 9.59 Å². The second-order valence-corrected chi connectivity index (χ2v) is 6.79. The van der Waals surface area contributed by atoms with Crippen molar-refractivity contribution >= 4 is 17.5 Å². The van der Waals surface area contributed by atoms with Gasteiger partial charge in [0.15, 0.2) is 0 Å². The number of benzene rings is 1. The first-order valence-corrected chi connectivity index (χ1v) is 9.67. The molecular formula is C20H32N3O4+. The lowest BCUT2D eigenvalue weighted by atomic mass is 10.1. The predicted molar refractivity (Wildman–Crippen MR) is 105 cm³/mol. The standard InChI is InChI=1S/C20H31N3O4/c1-5-22(6-2)11-7-10-21-20(25)15-12-19(24)23(14-15)17-13-16(26-3)8-9-18(17)27-4/h8-9,13,15H,5-7,10-12,14H2,1-4H3,(H,21,25)/p+1/t15-/m1/s1. The monoisotopic (exact) mass is 378 g/mol. The van der Waals surface area contributed by atoms with Gasteiger partial charge in [-0.25, -0.2) is 0 Å². The van der Waals surface area contributed by atoms with Gasteiger partial charge in [-0.2, -0.15) is 0 Å². The molecule has 1 aliphatic rings. The summed E-state index contributed by atoms with van der Waals surface area (Å²) in [6.07, 6.45) is 1.16. The molecule has 2 amide bonds. The summed E-state index contributed by atoms with van der Waals surface area (Å²) in [5, 5.41) is 2.98. The van der Waals surface area contributed by atoms with E-state index in [4.69, 9.17) is 9.47 Å². The number of carbonyl (C=O) groups excluding carboxylic acids is 2. The molecule has 7 nitrogen and oxygen atoms in total. The van der Waals surface area contributed by atoms with E-state index < -0.39 is 0 Å². The third kappa shape index (κ3) is 5.35. The summed E-state index contributed by atoms with van der Waals surface area (Å²) < 4.78 is 10.6. The first kappa shape index (κ1) is 21.0. The van der Waals surface area contributed by atoms with E-state index in [1.54, 1.807) is 37.3 Å². The maximum absolute atomic E-state index is 12.5. The topological polar surface area (TPSA) is 72.3 Å². The van der Waals surface area contributed by atoms with Crippen LogP contribution in [0.4, 0.5) is 5.69 Å². The minimum absolute atomic E-state index is 0.0535. The van der Waals surface area contributed by atoms with Gasteiger partial charge < -0.3 is 24.6 Å². The Hall–Kier alpha value is -2.28. The lowest BCUT2D eigenvalue weighted by Crippen LogP contribution is -3.11. The molecule has 7 heteroatoms. The number of carbonyl (C=O) groups is 2. The van der Waals surface area contributed by atoms with Crippen molar-refractivity contribution in [3.05, 3.63) is 18.2 Å². The van der Waals surface area contributed by atoms with Crippen LogP contribution in [-0.2, 0) is 9.59 Å². The summed E-state index contributed by atoms with van der Waals surface area (Å²) in [4.78, 5) is 28.1. The Labute approximate surface area is 161 Å². The molecule has 1 saturated heterocycles. The first-order chi connectivity index (χ1) is 13.0. The molecule has 1 fully saturated rings. The molecular weight excluding hydrogens is 346 g/mol. The Morgan fingerprint density at radius 1 is 1.26 bits per heavy atom. The fourth-order valence-electron chi connectivity index (χ4n) is 3.42. The highest BCUT2D eigenvalue weighted by atomic mass is 16.5. The number of nitrogens with zero attached hydrogens (tertiary/aromatic N) is 1. The van der Waals surface area contributed by atoms with Gasteiger partial charge in [-0.05, 0) is 26.0 Å². The number of ether oxygens (including phenoxy) is 2. The SMILES string of the molecule is CC[NH+](CC)CCCNC(=O)[C@@H]1CC(=O)N(c2cc(OC)ccc2OC)C1. The van der Waals surface area contributed by atoms with Crippen LogP contribution in [0.1, 0.15) is 26.7 Å². The van der Waals surface area contributed by atoms with Crippen molar-refractivity contribution in [3.8, 4) is 11.5 Å². The van der Waals surface area contributed by atoms with Crippen LogP contribution in [0.2, 0.25) is 0 Å². The molecule has 2 N–H and O–H groups in total. The first-order valence-electron chi connectivity index (χ1n) is 9.67. The zero-order valence-corrected chi connectivity index (χ0v) is 16.8. The van der Waals surface area contributed by atoms with Gasteiger partial charge in [0.2, 0.25) is 11.8 Å². The number of quaternary nitrogens is 1. The van der Waals surface area contributed by atoms with E-state index in [0.717, 1.165) is 26.1 Å². The molecule has 0 radical (unpaired) electrons. The Bertz CT molecular complexity index is 646. The van der Waals surface area contributed by atoms with Crippen LogP contribution in [0.25, 0.3) is 0 Å². The highest BCUT2D eigenvalue weighted by Gasteiger charge is 2.36. The fourth-order valence-corrected chi connectivity index (χ4v) is 3.42. The van der Waals surface area contributed by atoms with Gasteiger partial charge in [-0.15, -0.1) is 0 Å². The summed E-state index contributed by atoms with van der Waals surface area (Å²) in [6.45, 7) is 8.58. The van der Waals surface area contributed by atoms with E-state index in [9.17, 15) is 9.59 Å². The molecule has 0 bridgehead atoms. The van der Waals surface area contributed by atoms with E-state index in [0.29, 0.717) is 30.3 Å². The zero-order chi connectivity index (χ0) is 19.8. The van der Waals surface area contributed by atoms with Crippen LogP contribution in [0, 0.1) is 5.92 Å². The molecule has 1 aliphatic heterocycles. The Kier molecular flexibility index (Phi) is 7.91. The number of hydrogen-bond donors (Lipinski definition) is 2. The lowest BCUT2D eigenvalue weighted by molar-refractivity contribution is -0.896. The van der Waals surface area contributed by atoms with Crippen molar-refractivity contribution in [1.82, 2.24) is 5.32 Å². The summed E-state index contributed by atoms with van der Waals surface area (Å²) >= 11 is 0. The van der Waals surface area contributed by atoms with Gasteiger partial charge in [0.1, 0.15) is 11.5 Å². The van der Waals surface area contributed by atoms with E-state index >= 15 is 0 Å². The van der Waals surface area contributed by atoms with Gasteiger partial charge in [0, 0.05) is 32.0 Å². The maximum Gasteiger partial charge on any atom is 0.227 e. The molecule has 27 heavy (non-hydrogen) atoms. The van der Waals surface area contributed by atoms with E-state index in [2.05, 4.69) is 19.2 Å². The Balaban J connectivity index is 1.94. The highest BCUT2D eigenvalue weighted by Crippen LogP contribution is 2.35. The highest BCUT2D eigenvalue weighted by molar-refractivity contribution is 6.01. The summed E-state index contributed by atoms with van der Waals surface area (Å²) in [7, 11) is 3.14. The normalized spacial score (nSPS) is 16.7. The Morgan fingerprint density at radius 3 is 2.63 bits per heavy atom. The third-order valence-electron chi connectivity index (χ3n) is 5.18. The largest absolute Gasteiger partial charge is 0.497 e. The maximum atomic E-state index is 12.5. The van der Waals surface area contributed by atoms with Crippen LogP contribution in [0.15, 0.2) is 18.2 Å². The van der Waals surface area contributed by atoms with E-state index in [1.165, 1.54) is 4.90 Å². The molecule has 0 saturated carbocycles. The molecule has 1 aromatic rings. The van der Waals surface area contributed by atoms with Crippen molar-refractivity contribution < 1.29 is 24.0 Å². The fraction of sp³-hybridized carbons (Fsp3) is 0.600. The van der Waals surface area contributed by atoms with Gasteiger partial charge in [0.25, 0.3) is 0 Å². The van der Waals surface area contributed by atoms with Crippen molar-refractivity contribution in [2.24, 2.45) is 5.92 Å². The number of methoxy groups -OCH3 is 2. The lowest BCUT2D eigenvalue weighted by Gasteiger charge is -2.20. The number of rotatable bonds is 10. The van der Waals surface area contributed by atoms with Crippen LogP contribution < -0.4 is 24.6 Å². The van der Waals surface area contributed by atoms with Crippen LogP contribution in [0.5, 0.6) is 11.5 Å². The van der Waals surface area contributed by atoms with Crippen molar-refractivity contribution in [1.29, 1.82) is 0 Å². The molecule has 0 aromatic heterocycles. The van der Waals surface area contributed by atoms with Crippen molar-refractivity contribution in [2.75, 3.05) is 51.8 Å². The van der Waals surface area contributed by atoms with Gasteiger partial charge >= 0.3 is 0 Å². The molecule has 0 spiro atoms. The van der Waals surface area contributed by atoms with Crippen molar-refractivity contribution in [2.45, 2.75) is 26.7 Å². The molecule has 1 aromatic carbocycles. The molecule has 2 rings (SSSR count). The molecule has 0 unspecified atom stereocenters. The van der Waals surface area contributed by atoms with Crippen molar-refractivity contribution in [3.63, 3.8) is 0 Å². The number of hydrogen-bond acceptors (Lipinski definition) is 4. The smallest absolute Gasteiger partial charge is 0.227 e. The van der Waals surface area contributed by atoms with Crippen LogP contribution in [0.3, 0.4) is 0 Å². The second kappa shape index (κ2) is 10.2. The molecule has 1 atom stereocenters. The minimum atomic E-state index is -0.339. The van der Waals surface area contributed by atoms with Gasteiger partial charge in [0.05, 0.1) is 45.5 Å². The minimum Gasteiger partial charge on any atom is -0.497 e. The molecule has 0 aliphatic carbocycles. The molecule has 1 heterocycles. The molecule has 150 valence electrons. The predicted octanol–water partition coefficient (Wildman–Crippen LogP) is 0.488. The Morgan fingerprint density at radius 2 is 2.00 bits per heavy atom. The van der Waals surface area contributed by atoms with E-state index in [1.807, 2.05) is 0 Å². The quantitative estimate of drug-likeness (QED) is 0.581. The van der Waals surface area contributed by atoms with Gasteiger partial charge in [-0.1, -0.05) is 0 Å². The average molecular weight is 378 g/mol.